The lowest BCUT2D eigenvalue weighted by Gasteiger charge is -2.41. The van der Waals surface area contributed by atoms with Gasteiger partial charge < -0.3 is 0 Å². The predicted octanol–water partition coefficient (Wildman–Crippen LogP) is 4.05. The van der Waals surface area contributed by atoms with Crippen LogP contribution in [-0.4, -0.2) is 6.04 Å². The van der Waals surface area contributed by atoms with Gasteiger partial charge in [-0.15, -0.1) is 0 Å². The molecule has 0 aliphatic heterocycles. The SMILES string of the molecule is CCC(C1C=C(C(C)(C)C)C=CC1NN)C(C)(C)C. The van der Waals surface area contributed by atoms with Crippen molar-refractivity contribution in [3.8, 4) is 0 Å². The molecule has 110 valence electrons. The van der Waals surface area contributed by atoms with Crippen LogP contribution in [0.1, 0.15) is 54.9 Å². The van der Waals surface area contributed by atoms with Gasteiger partial charge in [0, 0.05) is 12.0 Å². The summed E-state index contributed by atoms with van der Waals surface area (Å²) >= 11 is 0. The Morgan fingerprint density at radius 3 is 2.16 bits per heavy atom. The zero-order chi connectivity index (χ0) is 14.8. The summed E-state index contributed by atoms with van der Waals surface area (Å²) in [6, 6.07) is 0.246. The third kappa shape index (κ3) is 3.93. The lowest BCUT2D eigenvalue weighted by Crippen LogP contribution is -2.45. The molecule has 0 aromatic rings. The van der Waals surface area contributed by atoms with Crippen LogP contribution in [0.2, 0.25) is 0 Å². The Morgan fingerprint density at radius 1 is 1.21 bits per heavy atom. The van der Waals surface area contributed by atoms with E-state index in [2.05, 4.69) is 72.1 Å². The average Bonchev–Trinajstić information content (AvgIpc) is 2.26. The maximum absolute atomic E-state index is 5.75. The normalized spacial score (nSPS) is 26.2. The van der Waals surface area contributed by atoms with E-state index in [1.165, 1.54) is 12.0 Å². The largest absolute Gasteiger partial charge is 0.271 e. The van der Waals surface area contributed by atoms with Gasteiger partial charge in [0.05, 0.1) is 0 Å². The van der Waals surface area contributed by atoms with Gasteiger partial charge in [0.25, 0.3) is 0 Å². The smallest absolute Gasteiger partial charge is 0.0459 e. The summed E-state index contributed by atoms with van der Waals surface area (Å²) in [6.45, 7) is 16.1. The van der Waals surface area contributed by atoms with Crippen molar-refractivity contribution >= 4 is 0 Å². The van der Waals surface area contributed by atoms with E-state index in [-0.39, 0.29) is 11.5 Å². The number of hydrogen-bond donors (Lipinski definition) is 2. The van der Waals surface area contributed by atoms with Gasteiger partial charge >= 0.3 is 0 Å². The van der Waals surface area contributed by atoms with Crippen molar-refractivity contribution in [2.24, 2.45) is 28.5 Å². The number of allylic oxidation sites excluding steroid dienone is 2. The van der Waals surface area contributed by atoms with Gasteiger partial charge in [-0.25, -0.2) is 0 Å². The van der Waals surface area contributed by atoms with Crippen molar-refractivity contribution in [2.75, 3.05) is 0 Å². The van der Waals surface area contributed by atoms with Crippen molar-refractivity contribution in [1.29, 1.82) is 0 Å². The van der Waals surface area contributed by atoms with Gasteiger partial charge in [-0.1, -0.05) is 73.1 Å². The number of hydrazine groups is 1. The summed E-state index contributed by atoms with van der Waals surface area (Å²) in [7, 11) is 0. The van der Waals surface area contributed by atoms with Gasteiger partial charge in [0.1, 0.15) is 0 Å². The number of rotatable bonds is 3. The van der Waals surface area contributed by atoms with E-state index in [0.717, 1.165) is 0 Å². The first-order valence-corrected chi connectivity index (χ1v) is 7.48. The minimum absolute atomic E-state index is 0.199. The summed E-state index contributed by atoms with van der Waals surface area (Å²) in [5.74, 6) is 6.84. The third-order valence-corrected chi connectivity index (χ3v) is 4.35. The summed E-state index contributed by atoms with van der Waals surface area (Å²) in [4.78, 5) is 0. The molecular weight excluding hydrogens is 232 g/mol. The summed E-state index contributed by atoms with van der Waals surface area (Å²) in [5.41, 5.74) is 4.89. The fraction of sp³-hybridized carbons (Fsp3) is 0.765. The molecule has 0 fully saturated rings. The predicted molar refractivity (Wildman–Crippen MR) is 84.5 cm³/mol. The molecule has 0 heterocycles. The fourth-order valence-corrected chi connectivity index (χ4v) is 3.20. The quantitative estimate of drug-likeness (QED) is 0.596. The highest BCUT2D eigenvalue weighted by atomic mass is 15.2. The van der Waals surface area contributed by atoms with E-state index in [1.807, 2.05) is 0 Å². The van der Waals surface area contributed by atoms with E-state index in [1.54, 1.807) is 0 Å². The Morgan fingerprint density at radius 2 is 1.79 bits per heavy atom. The fourth-order valence-electron chi connectivity index (χ4n) is 3.20. The molecule has 0 aromatic carbocycles. The molecule has 0 spiro atoms. The minimum Gasteiger partial charge on any atom is -0.271 e. The Labute approximate surface area is 119 Å². The molecule has 19 heavy (non-hydrogen) atoms. The first-order valence-electron chi connectivity index (χ1n) is 7.48. The van der Waals surface area contributed by atoms with Crippen LogP contribution in [0.4, 0.5) is 0 Å². The molecule has 0 saturated heterocycles. The minimum atomic E-state index is 0.199. The van der Waals surface area contributed by atoms with Crippen molar-refractivity contribution in [3.63, 3.8) is 0 Å². The molecule has 0 saturated carbocycles. The molecule has 1 aliphatic rings. The first kappa shape index (κ1) is 16.5. The van der Waals surface area contributed by atoms with Crippen LogP contribution >= 0.6 is 0 Å². The van der Waals surface area contributed by atoms with Crippen molar-refractivity contribution < 1.29 is 0 Å². The highest BCUT2D eigenvalue weighted by Gasteiger charge is 2.35. The standard InChI is InChI=1S/C17H32N2/c1-8-14(17(5,6)7)13-11-12(16(2,3)4)9-10-15(13)19-18/h9-11,13-15,19H,8,18H2,1-7H3. The summed E-state index contributed by atoms with van der Waals surface area (Å²) in [6.07, 6.45) is 8.09. The maximum Gasteiger partial charge on any atom is 0.0459 e. The second-order valence-electron chi connectivity index (χ2n) is 7.88. The van der Waals surface area contributed by atoms with Gasteiger partial charge in [-0.3, -0.25) is 11.3 Å². The van der Waals surface area contributed by atoms with Crippen LogP contribution in [0.15, 0.2) is 23.8 Å². The highest BCUT2D eigenvalue weighted by Crippen LogP contribution is 2.41. The van der Waals surface area contributed by atoms with Crippen LogP contribution in [-0.2, 0) is 0 Å². The molecule has 3 N–H and O–H groups in total. The molecule has 2 heteroatoms. The second kappa shape index (κ2) is 5.80. The topological polar surface area (TPSA) is 38.0 Å². The molecule has 0 aromatic heterocycles. The van der Waals surface area contributed by atoms with E-state index in [0.29, 0.717) is 17.3 Å². The Hall–Kier alpha value is -0.600. The van der Waals surface area contributed by atoms with Crippen molar-refractivity contribution in [1.82, 2.24) is 5.43 Å². The molecule has 1 rings (SSSR count). The highest BCUT2D eigenvalue weighted by molar-refractivity contribution is 5.32. The number of nitrogens with two attached hydrogens (primary N) is 1. The van der Waals surface area contributed by atoms with E-state index >= 15 is 0 Å². The third-order valence-electron chi connectivity index (χ3n) is 4.35. The average molecular weight is 264 g/mol. The Balaban J connectivity index is 3.12. The number of hydrogen-bond acceptors (Lipinski definition) is 2. The van der Waals surface area contributed by atoms with Crippen LogP contribution in [0.5, 0.6) is 0 Å². The molecule has 3 unspecified atom stereocenters. The Bertz CT molecular complexity index is 352. The van der Waals surface area contributed by atoms with Crippen LogP contribution < -0.4 is 11.3 Å². The summed E-state index contributed by atoms with van der Waals surface area (Å²) < 4.78 is 0. The van der Waals surface area contributed by atoms with Crippen LogP contribution in [0.25, 0.3) is 0 Å². The molecule has 2 nitrogen and oxygen atoms in total. The molecule has 0 bridgehead atoms. The van der Waals surface area contributed by atoms with E-state index in [4.69, 9.17) is 5.84 Å². The molecule has 0 amide bonds. The van der Waals surface area contributed by atoms with Crippen LogP contribution in [0, 0.1) is 22.7 Å². The van der Waals surface area contributed by atoms with Gasteiger partial charge in [-0.05, 0) is 22.3 Å². The second-order valence-corrected chi connectivity index (χ2v) is 7.88. The van der Waals surface area contributed by atoms with E-state index < -0.39 is 0 Å². The summed E-state index contributed by atoms with van der Waals surface area (Å²) in [5, 5.41) is 0. The van der Waals surface area contributed by atoms with Crippen LogP contribution in [0.3, 0.4) is 0 Å². The van der Waals surface area contributed by atoms with Gasteiger partial charge in [0.15, 0.2) is 0 Å². The maximum atomic E-state index is 5.75. The molecular formula is C17H32N2. The molecule has 1 aliphatic carbocycles. The molecule has 0 radical (unpaired) electrons. The lowest BCUT2D eigenvalue weighted by atomic mass is 9.66. The van der Waals surface area contributed by atoms with Crippen molar-refractivity contribution in [3.05, 3.63) is 23.8 Å². The first-order chi connectivity index (χ1) is 8.61. The zero-order valence-electron chi connectivity index (χ0n) is 13.7. The van der Waals surface area contributed by atoms with Gasteiger partial charge in [-0.2, -0.15) is 0 Å². The lowest BCUT2D eigenvalue weighted by molar-refractivity contribution is 0.158. The molecule has 3 atom stereocenters. The van der Waals surface area contributed by atoms with E-state index in [9.17, 15) is 0 Å². The monoisotopic (exact) mass is 264 g/mol. The zero-order valence-corrected chi connectivity index (χ0v) is 13.7. The Kier molecular flexibility index (Phi) is 5.02. The van der Waals surface area contributed by atoms with Crippen molar-refractivity contribution in [2.45, 2.75) is 60.9 Å². The van der Waals surface area contributed by atoms with Gasteiger partial charge in [0.2, 0.25) is 0 Å². The number of nitrogens with one attached hydrogen (secondary N) is 1.